The molecule has 1 rings (SSSR count). The summed E-state index contributed by atoms with van der Waals surface area (Å²) in [6, 6.07) is 7.84. The van der Waals surface area contributed by atoms with Crippen molar-refractivity contribution in [2.75, 3.05) is 19.7 Å². The zero-order valence-electron chi connectivity index (χ0n) is 12.7. The molecule has 0 aliphatic heterocycles. The van der Waals surface area contributed by atoms with Crippen molar-refractivity contribution in [1.82, 2.24) is 5.32 Å². The fourth-order valence-corrected chi connectivity index (χ4v) is 2.18. The van der Waals surface area contributed by atoms with E-state index in [-0.39, 0.29) is 5.91 Å². The van der Waals surface area contributed by atoms with Crippen LogP contribution in [0.4, 0.5) is 0 Å². The Morgan fingerprint density at radius 1 is 1.30 bits per heavy atom. The minimum atomic E-state index is -0.442. The zero-order valence-corrected chi connectivity index (χ0v) is 12.7. The molecular weight excluding hydrogens is 252 g/mol. The van der Waals surface area contributed by atoms with Crippen LogP contribution in [-0.4, -0.2) is 25.6 Å². The van der Waals surface area contributed by atoms with E-state index in [0.717, 1.165) is 24.2 Å². The van der Waals surface area contributed by atoms with Gasteiger partial charge in [0.15, 0.2) is 0 Å². The molecule has 0 bridgehead atoms. The number of hydrogen-bond acceptors (Lipinski definition) is 3. The Bertz CT molecular complexity index is 420. The first-order chi connectivity index (χ1) is 9.59. The first-order valence-electron chi connectivity index (χ1n) is 7.26. The molecule has 0 aliphatic carbocycles. The molecule has 0 saturated carbocycles. The molecule has 0 aliphatic rings. The maximum absolute atomic E-state index is 12.2. The topological polar surface area (TPSA) is 64.4 Å². The molecule has 112 valence electrons. The molecule has 1 amide bonds. The van der Waals surface area contributed by atoms with Gasteiger partial charge in [-0.15, -0.1) is 0 Å². The molecule has 0 aromatic heterocycles. The van der Waals surface area contributed by atoms with E-state index >= 15 is 0 Å². The third kappa shape index (κ3) is 3.97. The minimum Gasteiger partial charge on any atom is -0.491 e. The minimum absolute atomic E-state index is 0.0263. The van der Waals surface area contributed by atoms with Crippen LogP contribution in [0.15, 0.2) is 24.3 Å². The second-order valence-electron chi connectivity index (χ2n) is 5.06. The molecule has 0 heterocycles. The highest BCUT2D eigenvalue weighted by Gasteiger charge is 2.32. The van der Waals surface area contributed by atoms with Crippen molar-refractivity contribution in [3.05, 3.63) is 29.8 Å². The third-order valence-electron chi connectivity index (χ3n) is 3.96. The monoisotopic (exact) mass is 278 g/mol. The number of benzene rings is 1. The maximum atomic E-state index is 12.2. The highest BCUT2D eigenvalue weighted by Crippen LogP contribution is 2.24. The zero-order chi connectivity index (χ0) is 15.0. The van der Waals surface area contributed by atoms with Gasteiger partial charge < -0.3 is 15.8 Å². The predicted molar refractivity (Wildman–Crippen MR) is 81.8 cm³/mol. The number of amides is 1. The normalized spacial score (nSPS) is 11.2. The predicted octanol–water partition coefficient (Wildman–Crippen LogP) is 2.26. The SMILES string of the molecule is CCC(CC)(CN)C(=O)NCCOc1ccccc1C. The van der Waals surface area contributed by atoms with Crippen LogP contribution < -0.4 is 15.8 Å². The van der Waals surface area contributed by atoms with Crippen LogP contribution in [-0.2, 0) is 4.79 Å². The van der Waals surface area contributed by atoms with Gasteiger partial charge in [-0.2, -0.15) is 0 Å². The number of hydrogen-bond donors (Lipinski definition) is 2. The molecular formula is C16H26N2O2. The fourth-order valence-electron chi connectivity index (χ4n) is 2.18. The van der Waals surface area contributed by atoms with Crippen molar-refractivity contribution < 1.29 is 9.53 Å². The van der Waals surface area contributed by atoms with Gasteiger partial charge in [-0.05, 0) is 31.4 Å². The molecule has 3 N–H and O–H groups in total. The Morgan fingerprint density at radius 3 is 2.50 bits per heavy atom. The van der Waals surface area contributed by atoms with Crippen molar-refractivity contribution in [2.45, 2.75) is 33.6 Å². The quantitative estimate of drug-likeness (QED) is 0.717. The highest BCUT2D eigenvalue weighted by atomic mass is 16.5. The Balaban J connectivity index is 2.41. The molecule has 1 aromatic rings. The number of rotatable bonds is 8. The number of carbonyl (C=O) groups excluding carboxylic acids is 1. The molecule has 4 nitrogen and oxygen atoms in total. The smallest absolute Gasteiger partial charge is 0.227 e. The summed E-state index contributed by atoms with van der Waals surface area (Å²) >= 11 is 0. The number of para-hydroxylation sites is 1. The van der Waals surface area contributed by atoms with Gasteiger partial charge in [0.1, 0.15) is 12.4 Å². The number of carbonyl (C=O) groups is 1. The van der Waals surface area contributed by atoms with E-state index in [0.29, 0.717) is 19.7 Å². The van der Waals surface area contributed by atoms with Gasteiger partial charge in [0, 0.05) is 6.54 Å². The summed E-state index contributed by atoms with van der Waals surface area (Å²) in [5.41, 5.74) is 6.41. The van der Waals surface area contributed by atoms with Crippen LogP contribution in [0.1, 0.15) is 32.3 Å². The Morgan fingerprint density at radius 2 is 1.95 bits per heavy atom. The lowest BCUT2D eigenvalue weighted by Crippen LogP contribution is -2.46. The van der Waals surface area contributed by atoms with Crippen LogP contribution in [0.2, 0.25) is 0 Å². The first-order valence-corrected chi connectivity index (χ1v) is 7.26. The van der Waals surface area contributed by atoms with Gasteiger partial charge in [-0.1, -0.05) is 32.0 Å². The lowest BCUT2D eigenvalue weighted by molar-refractivity contribution is -0.131. The largest absolute Gasteiger partial charge is 0.491 e. The van der Waals surface area contributed by atoms with Gasteiger partial charge in [0.2, 0.25) is 5.91 Å². The number of aryl methyl sites for hydroxylation is 1. The molecule has 0 atom stereocenters. The Kier molecular flexibility index (Phi) is 6.52. The van der Waals surface area contributed by atoms with Gasteiger partial charge in [-0.3, -0.25) is 4.79 Å². The van der Waals surface area contributed by atoms with Gasteiger partial charge in [0.25, 0.3) is 0 Å². The van der Waals surface area contributed by atoms with E-state index < -0.39 is 5.41 Å². The molecule has 20 heavy (non-hydrogen) atoms. The van der Waals surface area contributed by atoms with Crippen LogP contribution in [0, 0.1) is 12.3 Å². The van der Waals surface area contributed by atoms with Crippen molar-refractivity contribution in [3.63, 3.8) is 0 Å². The molecule has 1 aromatic carbocycles. The van der Waals surface area contributed by atoms with Crippen LogP contribution in [0.5, 0.6) is 5.75 Å². The van der Waals surface area contributed by atoms with Crippen LogP contribution in [0.25, 0.3) is 0 Å². The lowest BCUT2D eigenvalue weighted by atomic mass is 9.81. The van der Waals surface area contributed by atoms with Crippen molar-refractivity contribution in [1.29, 1.82) is 0 Å². The van der Waals surface area contributed by atoms with E-state index in [4.69, 9.17) is 10.5 Å². The average Bonchev–Trinajstić information content (AvgIpc) is 2.48. The molecule has 0 spiro atoms. The Labute approximate surface area is 121 Å². The van der Waals surface area contributed by atoms with Crippen LogP contribution >= 0.6 is 0 Å². The lowest BCUT2D eigenvalue weighted by Gasteiger charge is -2.28. The Hall–Kier alpha value is -1.55. The molecule has 4 heteroatoms. The van der Waals surface area contributed by atoms with Crippen LogP contribution in [0.3, 0.4) is 0 Å². The summed E-state index contributed by atoms with van der Waals surface area (Å²) in [5.74, 6) is 0.885. The fraction of sp³-hybridized carbons (Fsp3) is 0.562. The molecule has 0 fully saturated rings. The summed E-state index contributed by atoms with van der Waals surface area (Å²) < 4.78 is 5.65. The van der Waals surface area contributed by atoms with E-state index in [2.05, 4.69) is 5.32 Å². The molecule has 0 radical (unpaired) electrons. The van der Waals surface area contributed by atoms with Gasteiger partial charge >= 0.3 is 0 Å². The molecule has 0 saturated heterocycles. The van der Waals surface area contributed by atoms with Crippen molar-refractivity contribution in [2.24, 2.45) is 11.1 Å². The van der Waals surface area contributed by atoms with E-state index in [9.17, 15) is 4.79 Å². The summed E-state index contributed by atoms with van der Waals surface area (Å²) in [5, 5.41) is 2.92. The average molecular weight is 278 g/mol. The first kappa shape index (κ1) is 16.5. The van der Waals surface area contributed by atoms with E-state index in [1.54, 1.807) is 0 Å². The van der Waals surface area contributed by atoms with Crippen molar-refractivity contribution >= 4 is 5.91 Å². The number of ether oxygens (including phenoxy) is 1. The van der Waals surface area contributed by atoms with Gasteiger partial charge in [0.05, 0.1) is 12.0 Å². The van der Waals surface area contributed by atoms with E-state index in [1.165, 1.54) is 0 Å². The second kappa shape index (κ2) is 7.90. The summed E-state index contributed by atoms with van der Waals surface area (Å²) in [4.78, 5) is 12.2. The summed E-state index contributed by atoms with van der Waals surface area (Å²) in [6.45, 7) is 7.34. The second-order valence-corrected chi connectivity index (χ2v) is 5.06. The summed E-state index contributed by atoms with van der Waals surface area (Å²) in [6.07, 6.45) is 1.51. The number of nitrogens with two attached hydrogens (primary N) is 1. The summed E-state index contributed by atoms with van der Waals surface area (Å²) in [7, 11) is 0. The molecule has 0 unspecified atom stereocenters. The highest BCUT2D eigenvalue weighted by molar-refractivity contribution is 5.82. The van der Waals surface area contributed by atoms with Gasteiger partial charge in [-0.25, -0.2) is 0 Å². The van der Waals surface area contributed by atoms with E-state index in [1.807, 2.05) is 45.0 Å². The maximum Gasteiger partial charge on any atom is 0.227 e. The van der Waals surface area contributed by atoms with Crippen molar-refractivity contribution in [3.8, 4) is 5.75 Å². The number of nitrogens with one attached hydrogen (secondary N) is 1. The standard InChI is InChI=1S/C16H26N2O2/c1-4-16(5-2,12-17)15(19)18-10-11-20-14-9-7-6-8-13(14)3/h6-9H,4-5,10-12,17H2,1-3H3,(H,18,19). The third-order valence-corrected chi connectivity index (χ3v) is 3.96.